The van der Waals surface area contributed by atoms with Crippen LogP contribution in [-0.2, 0) is 16.0 Å². The number of carboxylic acid groups (broad SMARTS) is 1. The highest BCUT2D eigenvalue weighted by Crippen LogP contribution is 2.30. The van der Waals surface area contributed by atoms with Crippen LogP contribution in [0.5, 0.6) is 0 Å². The topological polar surface area (TPSA) is 66.4 Å². The molecule has 0 unspecified atom stereocenters. The van der Waals surface area contributed by atoms with Crippen LogP contribution < -0.4 is 5.32 Å². The predicted octanol–water partition coefficient (Wildman–Crippen LogP) is 2.90. The molecule has 0 saturated heterocycles. The fraction of sp³-hybridized carbons (Fsp3) is 0.529. The first-order valence-electron chi connectivity index (χ1n) is 7.89. The summed E-state index contributed by atoms with van der Waals surface area (Å²) in [4.78, 5) is 22.7. The van der Waals surface area contributed by atoms with Crippen LogP contribution in [0.1, 0.15) is 37.7 Å². The van der Waals surface area contributed by atoms with E-state index < -0.39 is 17.6 Å². The fourth-order valence-corrected chi connectivity index (χ4v) is 3.02. The quantitative estimate of drug-likeness (QED) is 0.845. The van der Waals surface area contributed by atoms with Crippen LogP contribution in [-0.4, -0.2) is 23.5 Å². The second kappa shape index (κ2) is 8.04. The molecular formula is C17H21F2NO3. The van der Waals surface area contributed by atoms with Gasteiger partial charge < -0.3 is 10.4 Å². The maximum Gasteiger partial charge on any atom is 0.306 e. The van der Waals surface area contributed by atoms with E-state index in [1.54, 1.807) is 0 Å². The molecule has 1 amide bonds. The van der Waals surface area contributed by atoms with Gasteiger partial charge in [-0.2, -0.15) is 0 Å². The second-order valence-corrected chi connectivity index (χ2v) is 6.10. The van der Waals surface area contributed by atoms with E-state index in [1.807, 2.05) is 0 Å². The van der Waals surface area contributed by atoms with Crippen molar-refractivity contribution < 1.29 is 23.5 Å². The Balaban J connectivity index is 1.69. The van der Waals surface area contributed by atoms with Crippen molar-refractivity contribution in [2.75, 3.05) is 6.54 Å². The van der Waals surface area contributed by atoms with Crippen LogP contribution in [0.15, 0.2) is 18.2 Å². The molecule has 1 aromatic carbocycles. The molecule has 0 atom stereocenters. The lowest BCUT2D eigenvalue weighted by Gasteiger charge is -2.25. The number of amides is 1. The van der Waals surface area contributed by atoms with E-state index >= 15 is 0 Å². The van der Waals surface area contributed by atoms with Crippen molar-refractivity contribution in [1.82, 2.24) is 5.32 Å². The summed E-state index contributed by atoms with van der Waals surface area (Å²) >= 11 is 0. The van der Waals surface area contributed by atoms with Gasteiger partial charge in [0.05, 0.1) is 5.92 Å². The van der Waals surface area contributed by atoms with E-state index in [2.05, 4.69) is 5.32 Å². The minimum Gasteiger partial charge on any atom is -0.481 e. The van der Waals surface area contributed by atoms with Crippen molar-refractivity contribution in [3.63, 3.8) is 0 Å². The number of hydrogen-bond acceptors (Lipinski definition) is 2. The molecule has 6 heteroatoms. The summed E-state index contributed by atoms with van der Waals surface area (Å²) in [5.41, 5.74) is 0.243. The zero-order chi connectivity index (χ0) is 16.8. The Bertz CT molecular complexity index is 569. The van der Waals surface area contributed by atoms with E-state index in [-0.39, 0.29) is 36.3 Å². The Morgan fingerprint density at radius 2 is 1.87 bits per heavy atom. The summed E-state index contributed by atoms with van der Waals surface area (Å²) in [5, 5.41) is 11.7. The SMILES string of the molecule is O=C(CC1CCC(C(=O)O)CC1)NCCc1cc(F)ccc1F. The molecule has 1 aliphatic carbocycles. The van der Waals surface area contributed by atoms with Crippen LogP contribution in [0.3, 0.4) is 0 Å². The fourth-order valence-electron chi connectivity index (χ4n) is 3.02. The van der Waals surface area contributed by atoms with Gasteiger partial charge in [-0.25, -0.2) is 8.78 Å². The lowest BCUT2D eigenvalue weighted by molar-refractivity contribution is -0.143. The first-order chi connectivity index (χ1) is 11.0. The first-order valence-corrected chi connectivity index (χ1v) is 7.89. The molecular weight excluding hydrogens is 304 g/mol. The van der Waals surface area contributed by atoms with E-state index in [1.165, 1.54) is 0 Å². The smallest absolute Gasteiger partial charge is 0.306 e. The molecule has 0 heterocycles. The lowest BCUT2D eigenvalue weighted by atomic mass is 9.80. The van der Waals surface area contributed by atoms with Crippen molar-refractivity contribution in [3.05, 3.63) is 35.4 Å². The number of carboxylic acids is 1. The normalized spacial score (nSPS) is 21.0. The summed E-state index contributed by atoms with van der Waals surface area (Å²) in [6, 6.07) is 3.27. The molecule has 1 aliphatic rings. The van der Waals surface area contributed by atoms with Gasteiger partial charge in [-0.1, -0.05) is 0 Å². The number of hydrogen-bond donors (Lipinski definition) is 2. The number of benzene rings is 1. The number of nitrogens with one attached hydrogen (secondary N) is 1. The predicted molar refractivity (Wildman–Crippen MR) is 80.8 cm³/mol. The average molecular weight is 325 g/mol. The maximum atomic E-state index is 13.4. The summed E-state index contributed by atoms with van der Waals surface area (Å²) < 4.78 is 26.5. The number of carbonyl (C=O) groups excluding carboxylic acids is 1. The molecule has 0 spiro atoms. The van der Waals surface area contributed by atoms with E-state index in [4.69, 9.17) is 5.11 Å². The van der Waals surface area contributed by atoms with Gasteiger partial charge in [0.25, 0.3) is 0 Å². The Hall–Kier alpha value is -1.98. The highest BCUT2D eigenvalue weighted by molar-refractivity contribution is 5.76. The van der Waals surface area contributed by atoms with Gasteiger partial charge in [0, 0.05) is 13.0 Å². The van der Waals surface area contributed by atoms with Crippen molar-refractivity contribution >= 4 is 11.9 Å². The van der Waals surface area contributed by atoms with Gasteiger partial charge in [-0.15, -0.1) is 0 Å². The number of rotatable bonds is 6. The Labute approximate surface area is 133 Å². The van der Waals surface area contributed by atoms with Gasteiger partial charge in [0.15, 0.2) is 0 Å². The van der Waals surface area contributed by atoms with Crippen LogP contribution in [0.2, 0.25) is 0 Å². The van der Waals surface area contributed by atoms with Gasteiger partial charge in [-0.05, 0) is 61.8 Å². The number of halogens is 2. The molecule has 23 heavy (non-hydrogen) atoms. The molecule has 2 N–H and O–H groups in total. The Morgan fingerprint density at radius 3 is 2.52 bits per heavy atom. The van der Waals surface area contributed by atoms with Crippen molar-refractivity contribution in [2.45, 2.75) is 38.5 Å². The van der Waals surface area contributed by atoms with E-state index in [9.17, 15) is 18.4 Å². The summed E-state index contributed by atoms with van der Waals surface area (Å²) in [5.74, 6) is -1.94. The Kier molecular flexibility index (Phi) is 6.07. The average Bonchev–Trinajstić information content (AvgIpc) is 2.51. The highest BCUT2D eigenvalue weighted by Gasteiger charge is 2.26. The first kappa shape index (κ1) is 17.4. The van der Waals surface area contributed by atoms with Crippen LogP contribution >= 0.6 is 0 Å². The van der Waals surface area contributed by atoms with Crippen LogP contribution in [0.25, 0.3) is 0 Å². The van der Waals surface area contributed by atoms with Crippen molar-refractivity contribution in [2.24, 2.45) is 11.8 Å². The largest absolute Gasteiger partial charge is 0.481 e. The molecule has 1 fully saturated rings. The van der Waals surface area contributed by atoms with Crippen molar-refractivity contribution in [1.29, 1.82) is 0 Å². The standard InChI is InChI=1S/C17H21F2NO3/c18-14-5-6-15(19)13(10-14)7-8-20-16(21)9-11-1-3-12(4-2-11)17(22)23/h5-6,10-12H,1-4,7-9H2,(H,20,21)(H,22,23). The van der Waals surface area contributed by atoms with Gasteiger partial charge in [-0.3, -0.25) is 9.59 Å². The summed E-state index contributed by atoms with van der Waals surface area (Å²) in [6.45, 7) is 0.254. The van der Waals surface area contributed by atoms with Gasteiger partial charge in [0.2, 0.25) is 5.91 Å². The molecule has 0 aromatic heterocycles. The van der Waals surface area contributed by atoms with Crippen LogP contribution in [0.4, 0.5) is 8.78 Å². The minimum atomic E-state index is -0.759. The van der Waals surface area contributed by atoms with Crippen molar-refractivity contribution in [3.8, 4) is 0 Å². The minimum absolute atomic E-state index is 0.124. The van der Waals surface area contributed by atoms with Gasteiger partial charge in [0.1, 0.15) is 11.6 Å². The third kappa shape index (κ3) is 5.30. The summed E-state index contributed by atoms with van der Waals surface area (Å²) in [7, 11) is 0. The molecule has 2 rings (SSSR count). The molecule has 1 saturated carbocycles. The maximum absolute atomic E-state index is 13.4. The third-order valence-electron chi connectivity index (χ3n) is 4.39. The molecule has 0 radical (unpaired) electrons. The van der Waals surface area contributed by atoms with E-state index in [0.29, 0.717) is 19.3 Å². The summed E-state index contributed by atoms with van der Waals surface area (Å²) in [6.07, 6.45) is 3.30. The highest BCUT2D eigenvalue weighted by atomic mass is 19.1. The number of aliphatic carboxylic acids is 1. The Morgan fingerprint density at radius 1 is 1.17 bits per heavy atom. The van der Waals surface area contributed by atoms with Gasteiger partial charge >= 0.3 is 5.97 Å². The third-order valence-corrected chi connectivity index (χ3v) is 4.39. The molecule has 1 aromatic rings. The van der Waals surface area contributed by atoms with E-state index in [0.717, 1.165) is 31.0 Å². The molecule has 0 aliphatic heterocycles. The van der Waals surface area contributed by atoms with Crippen LogP contribution in [0, 0.1) is 23.5 Å². The zero-order valence-electron chi connectivity index (χ0n) is 12.9. The molecule has 0 bridgehead atoms. The molecule has 4 nitrogen and oxygen atoms in total. The second-order valence-electron chi connectivity index (χ2n) is 6.10. The monoisotopic (exact) mass is 325 g/mol. The number of carbonyl (C=O) groups is 2. The molecule has 126 valence electrons. The lowest BCUT2D eigenvalue weighted by Crippen LogP contribution is -2.30. The zero-order valence-corrected chi connectivity index (χ0v) is 12.9.